The van der Waals surface area contributed by atoms with Crippen molar-refractivity contribution < 1.29 is 23.0 Å². The molecule has 0 amide bonds. The Morgan fingerprint density at radius 2 is 1.55 bits per heavy atom. The van der Waals surface area contributed by atoms with E-state index >= 15 is 0 Å². The minimum absolute atomic E-state index is 0.307. The first-order chi connectivity index (χ1) is 10.5. The van der Waals surface area contributed by atoms with Crippen molar-refractivity contribution in [2.75, 3.05) is 13.2 Å². The summed E-state index contributed by atoms with van der Waals surface area (Å²) < 4.78 is 35.3. The molecule has 3 saturated heterocycles. The largest absolute Gasteiger partial charge is 0.385 e. The lowest BCUT2D eigenvalue weighted by molar-refractivity contribution is -0.0442. The van der Waals surface area contributed by atoms with Gasteiger partial charge in [0.15, 0.2) is 16.1 Å². The predicted molar refractivity (Wildman–Crippen MR) is 79.9 cm³/mol. The average molecular weight is 324 g/mol. The highest BCUT2D eigenvalue weighted by atomic mass is 32.2. The van der Waals surface area contributed by atoms with Crippen LogP contribution in [0, 0.1) is 0 Å². The zero-order valence-electron chi connectivity index (χ0n) is 12.3. The van der Waals surface area contributed by atoms with Gasteiger partial charge >= 0.3 is 0 Å². The van der Waals surface area contributed by atoms with E-state index in [9.17, 15) is 13.5 Å². The maximum atomic E-state index is 12.2. The van der Waals surface area contributed by atoms with Crippen molar-refractivity contribution in [3.8, 4) is 0 Å². The van der Waals surface area contributed by atoms with Gasteiger partial charge < -0.3 is 14.6 Å². The normalized spacial score (nSPS) is 37.5. The van der Waals surface area contributed by atoms with Crippen LogP contribution in [0.15, 0.2) is 24.3 Å². The number of hydrogen-bond donors (Lipinski definition) is 1. The monoisotopic (exact) mass is 324 g/mol. The van der Waals surface area contributed by atoms with Crippen LogP contribution in [0.3, 0.4) is 0 Å². The number of hydrogen-bond acceptors (Lipinski definition) is 5. The summed E-state index contributed by atoms with van der Waals surface area (Å²) in [6, 6.07) is 7.54. The first kappa shape index (κ1) is 14.6. The van der Waals surface area contributed by atoms with Crippen LogP contribution in [0.5, 0.6) is 0 Å². The van der Waals surface area contributed by atoms with Crippen molar-refractivity contribution in [3.63, 3.8) is 0 Å². The van der Waals surface area contributed by atoms with Gasteiger partial charge in [0.1, 0.15) is 0 Å². The third kappa shape index (κ3) is 2.21. The molecule has 0 aliphatic carbocycles. The standard InChI is InChI=1S/C16H20O5S/c17-16(9-13-5-6-14(10-16)22(13,18)19)12-3-1-11(2-4-12)15-20-7-8-21-15/h1-4,13-15,17H,5-10H2. The SMILES string of the molecule is O=S1(=O)C2CCC1CC(O)(c1ccc(C3OCCO3)cc1)C2. The second-order valence-electron chi connectivity index (χ2n) is 6.55. The number of ether oxygens (including phenoxy) is 2. The van der Waals surface area contributed by atoms with Gasteiger partial charge in [0.2, 0.25) is 0 Å². The van der Waals surface area contributed by atoms with E-state index in [-0.39, 0.29) is 6.29 Å². The van der Waals surface area contributed by atoms with Gasteiger partial charge in [0.05, 0.1) is 29.3 Å². The lowest BCUT2D eigenvalue weighted by Crippen LogP contribution is -2.43. The van der Waals surface area contributed by atoms with Gasteiger partial charge in [-0.1, -0.05) is 24.3 Å². The van der Waals surface area contributed by atoms with Crippen LogP contribution < -0.4 is 0 Å². The number of aliphatic hydroxyl groups is 1. The van der Waals surface area contributed by atoms with Gasteiger partial charge in [-0.25, -0.2) is 8.42 Å². The molecule has 2 unspecified atom stereocenters. The fourth-order valence-corrected chi connectivity index (χ4v) is 6.47. The number of benzene rings is 1. The molecule has 3 fully saturated rings. The zero-order chi connectivity index (χ0) is 15.4. The molecule has 3 aliphatic rings. The molecule has 2 bridgehead atoms. The Kier molecular flexibility index (Phi) is 3.34. The van der Waals surface area contributed by atoms with E-state index in [1.54, 1.807) is 0 Å². The van der Waals surface area contributed by atoms with Crippen LogP contribution >= 0.6 is 0 Å². The third-order valence-electron chi connectivity index (χ3n) is 5.21. The quantitative estimate of drug-likeness (QED) is 0.896. The van der Waals surface area contributed by atoms with Gasteiger partial charge in [-0.3, -0.25) is 0 Å². The van der Waals surface area contributed by atoms with Crippen LogP contribution in [-0.4, -0.2) is 37.2 Å². The van der Waals surface area contributed by atoms with Crippen LogP contribution in [0.25, 0.3) is 0 Å². The second kappa shape index (κ2) is 5.03. The molecule has 1 aromatic rings. The smallest absolute Gasteiger partial charge is 0.184 e. The Bertz CT molecular complexity index is 640. The summed E-state index contributed by atoms with van der Waals surface area (Å²) in [6.07, 6.45) is 1.64. The fraction of sp³-hybridized carbons (Fsp3) is 0.625. The maximum Gasteiger partial charge on any atom is 0.184 e. The highest BCUT2D eigenvalue weighted by Gasteiger charge is 2.53. The highest BCUT2D eigenvalue weighted by molar-refractivity contribution is 7.93. The number of fused-ring (bicyclic) bond motifs is 2. The zero-order valence-corrected chi connectivity index (χ0v) is 13.1. The fourth-order valence-electron chi connectivity index (χ4n) is 3.98. The summed E-state index contributed by atoms with van der Waals surface area (Å²) in [5, 5.41) is 10.2. The van der Waals surface area contributed by atoms with E-state index in [2.05, 4.69) is 0 Å². The summed E-state index contributed by atoms with van der Waals surface area (Å²) in [7, 11) is -3.03. The van der Waals surface area contributed by atoms with Crippen molar-refractivity contribution in [2.45, 2.75) is 48.1 Å². The molecule has 1 N–H and O–H groups in total. The van der Waals surface area contributed by atoms with Crippen molar-refractivity contribution in [1.82, 2.24) is 0 Å². The van der Waals surface area contributed by atoms with Gasteiger partial charge in [0.25, 0.3) is 0 Å². The van der Waals surface area contributed by atoms with Crippen LogP contribution in [-0.2, 0) is 24.9 Å². The lowest BCUT2D eigenvalue weighted by atomic mass is 9.85. The average Bonchev–Trinajstić information content (AvgIpc) is 3.06. The van der Waals surface area contributed by atoms with E-state index < -0.39 is 25.9 Å². The van der Waals surface area contributed by atoms with Gasteiger partial charge in [-0.15, -0.1) is 0 Å². The molecule has 120 valence electrons. The molecule has 0 radical (unpaired) electrons. The Labute approximate surface area is 130 Å². The van der Waals surface area contributed by atoms with Crippen molar-refractivity contribution in [2.24, 2.45) is 0 Å². The van der Waals surface area contributed by atoms with E-state index in [1.807, 2.05) is 24.3 Å². The molecule has 3 heterocycles. The molecule has 1 aromatic carbocycles. The Morgan fingerprint density at radius 3 is 2.09 bits per heavy atom. The summed E-state index contributed by atoms with van der Waals surface area (Å²) in [4.78, 5) is 0. The Morgan fingerprint density at radius 1 is 1.00 bits per heavy atom. The number of rotatable bonds is 2. The molecule has 2 atom stereocenters. The summed E-state index contributed by atoms with van der Waals surface area (Å²) >= 11 is 0. The van der Waals surface area contributed by atoms with Crippen molar-refractivity contribution >= 4 is 9.84 Å². The lowest BCUT2D eigenvalue weighted by Gasteiger charge is -2.36. The molecule has 4 rings (SSSR count). The van der Waals surface area contributed by atoms with Crippen LogP contribution in [0.1, 0.15) is 43.1 Å². The molecular weight excluding hydrogens is 304 g/mol. The Balaban J connectivity index is 1.59. The van der Waals surface area contributed by atoms with Gasteiger partial charge in [-0.05, 0) is 31.2 Å². The van der Waals surface area contributed by atoms with E-state index in [4.69, 9.17) is 9.47 Å². The molecule has 0 aromatic heterocycles. The maximum absolute atomic E-state index is 12.2. The topological polar surface area (TPSA) is 72.8 Å². The van der Waals surface area contributed by atoms with E-state index in [1.165, 1.54) is 0 Å². The predicted octanol–water partition coefficient (Wildman–Crippen LogP) is 1.66. The van der Waals surface area contributed by atoms with Gasteiger partial charge in [0, 0.05) is 5.56 Å². The summed E-state index contributed by atoms with van der Waals surface area (Å²) in [6.45, 7) is 1.19. The summed E-state index contributed by atoms with van der Waals surface area (Å²) in [5.41, 5.74) is 0.685. The van der Waals surface area contributed by atoms with Gasteiger partial charge in [-0.2, -0.15) is 0 Å². The number of sulfone groups is 1. The Hall–Kier alpha value is -0.950. The first-order valence-corrected chi connectivity index (χ1v) is 9.39. The minimum atomic E-state index is -3.03. The second-order valence-corrected chi connectivity index (χ2v) is 9.06. The molecule has 22 heavy (non-hydrogen) atoms. The molecule has 5 nitrogen and oxygen atoms in total. The van der Waals surface area contributed by atoms with Crippen molar-refractivity contribution in [1.29, 1.82) is 0 Å². The molecule has 6 heteroatoms. The third-order valence-corrected chi connectivity index (χ3v) is 7.88. The van der Waals surface area contributed by atoms with Crippen molar-refractivity contribution in [3.05, 3.63) is 35.4 Å². The first-order valence-electron chi connectivity index (χ1n) is 7.78. The summed E-state index contributed by atoms with van der Waals surface area (Å²) in [5.74, 6) is 0. The van der Waals surface area contributed by atoms with E-state index in [0.717, 1.165) is 11.1 Å². The molecule has 0 saturated carbocycles. The minimum Gasteiger partial charge on any atom is -0.385 e. The van der Waals surface area contributed by atoms with Crippen LogP contribution in [0.2, 0.25) is 0 Å². The highest BCUT2D eigenvalue weighted by Crippen LogP contribution is 2.47. The van der Waals surface area contributed by atoms with Crippen LogP contribution in [0.4, 0.5) is 0 Å². The molecule has 0 spiro atoms. The molecule has 3 aliphatic heterocycles. The van der Waals surface area contributed by atoms with E-state index in [0.29, 0.717) is 38.9 Å². The molecular formula is C16H20O5S.